The van der Waals surface area contributed by atoms with Crippen LogP contribution in [-0.4, -0.2) is 41.7 Å². The van der Waals surface area contributed by atoms with Crippen LogP contribution in [0.4, 0.5) is 14.5 Å². The number of halogens is 2. The molecule has 2 N–H and O–H groups in total. The average Bonchev–Trinajstić information content (AvgIpc) is 2.68. The van der Waals surface area contributed by atoms with Gasteiger partial charge in [0, 0.05) is 12.1 Å². The molecule has 0 bridgehead atoms. The SMILES string of the molecule is O=C(CN1CCCCCC1CO)Nc1cc(F)ccc1F. The number of aliphatic hydroxyl groups excluding tert-OH is 1. The van der Waals surface area contributed by atoms with Gasteiger partial charge in [-0.25, -0.2) is 8.78 Å². The molecule has 116 valence electrons. The number of carbonyl (C=O) groups excluding carboxylic acids is 1. The number of nitrogens with zero attached hydrogens (tertiary/aromatic N) is 1. The van der Waals surface area contributed by atoms with E-state index >= 15 is 0 Å². The summed E-state index contributed by atoms with van der Waals surface area (Å²) in [5.41, 5.74) is -0.157. The van der Waals surface area contributed by atoms with Crippen LogP contribution in [0.3, 0.4) is 0 Å². The fraction of sp³-hybridized carbons (Fsp3) is 0.533. The van der Waals surface area contributed by atoms with E-state index in [2.05, 4.69) is 5.32 Å². The predicted molar refractivity (Wildman–Crippen MR) is 75.9 cm³/mol. The van der Waals surface area contributed by atoms with Crippen LogP contribution < -0.4 is 5.32 Å². The van der Waals surface area contributed by atoms with Gasteiger partial charge in [0.15, 0.2) is 0 Å². The second-order valence-corrected chi connectivity index (χ2v) is 5.33. The molecule has 1 saturated heterocycles. The molecule has 21 heavy (non-hydrogen) atoms. The fourth-order valence-corrected chi connectivity index (χ4v) is 2.62. The van der Waals surface area contributed by atoms with Crippen LogP contribution in [0.2, 0.25) is 0 Å². The third kappa shape index (κ3) is 4.47. The summed E-state index contributed by atoms with van der Waals surface area (Å²) in [5.74, 6) is -1.67. The zero-order chi connectivity index (χ0) is 15.2. The van der Waals surface area contributed by atoms with E-state index in [1.54, 1.807) is 0 Å². The summed E-state index contributed by atoms with van der Waals surface area (Å²) >= 11 is 0. The van der Waals surface area contributed by atoms with Crippen molar-refractivity contribution in [1.82, 2.24) is 4.90 Å². The Hall–Kier alpha value is -1.53. The first-order valence-corrected chi connectivity index (χ1v) is 7.20. The number of anilines is 1. The molecule has 1 aliphatic heterocycles. The summed E-state index contributed by atoms with van der Waals surface area (Å²) in [4.78, 5) is 13.9. The lowest BCUT2D eigenvalue weighted by molar-refractivity contribution is -0.118. The number of hydrogen-bond donors (Lipinski definition) is 2. The van der Waals surface area contributed by atoms with Gasteiger partial charge in [-0.05, 0) is 31.5 Å². The van der Waals surface area contributed by atoms with Gasteiger partial charge in [0.05, 0.1) is 18.8 Å². The first-order valence-electron chi connectivity index (χ1n) is 7.20. The standard InChI is InChI=1S/C15H20F2N2O2/c16-11-5-6-13(17)14(8-11)18-15(21)9-19-7-3-1-2-4-12(19)10-20/h5-6,8,12,20H,1-4,7,9-10H2,(H,18,21). The summed E-state index contributed by atoms with van der Waals surface area (Å²) in [6, 6.07) is 2.89. The molecule has 1 heterocycles. The van der Waals surface area contributed by atoms with Gasteiger partial charge in [0.25, 0.3) is 0 Å². The predicted octanol–water partition coefficient (Wildman–Crippen LogP) is 2.14. The largest absolute Gasteiger partial charge is 0.395 e. The number of nitrogens with one attached hydrogen (secondary N) is 1. The minimum atomic E-state index is -0.667. The maximum atomic E-state index is 13.5. The Morgan fingerprint density at radius 2 is 2.14 bits per heavy atom. The van der Waals surface area contributed by atoms with Crippen molar-refractivity contribution in [3.05, 3.63) is 29.8 Å². The number of benzene rings is 1. The van der Waals surface area contributed by atoms with Gasteiger partial charge >= 0.3 is 0 Å². The van der Waals surface area contributed by atoms with E-state index in [0.717, 1.165) is 50.4 Å². The molecule has 1 amide bonds. The lowest BCUT2D eigenvalue weighted by atomic mass is 10.1. The van der Waals surface area contributed by atoms with Crippen LogP contribution >= 0.6 is 0 Å². The first kappa shape index (κ1) is 15.9. The maximum Gasteiger partial charge on any atom is 0.238 e. The highest BCUT2D eigenvalue weighted by molar-refractivity contribution is 5.92. The van der Waals surface area contributed by atoms with Crippen molar-refractivity contribution in [3.63, 3.8) is 0 Å². The lowest BCUT2D eigenvalue weighted by Crippen LogP contribution is -2.42. The molecule has 0 aromatic heterocycles. The molecule has 1 aliphatic rings. The lowest BCUT2D eigenvalue weighted by Gasteiger charge is -2.27. The Labute approximate surface area is 122 Å². The number of aliphatic hydroxyl groups is 1. The molecule has 1 atom stereocenters. The molecule has 0 spiro atoms. The van der Waals surface area contributed by atoms with Gasteiger partial charge in [-0.15, -0.1) is 0 Å². The number of carbonyl (C=O) groups is 1. The smallest absolute Gasteiger partial charge is 0.238 e. The van der Waals surface area contributed by atoms with E-state index in [4.69, 9.17) is 0 Å². The van der Waals surface area contributed by atoms with Crippen molar-refractivity contribution >= 4 is 11.6 Å². The second-order valence-electron chi connectivity index (χ2n) is 5.33. The summed E-state index contributed by atoms with van der Waals surface area (Å²) < 4.78 is 26.5. The van der Waals surface area contributed by atoms with Crippen LogP contribution in [0.1, 0.15) is 25.7 Å². The monoisotopic (exact) mass is 298 g/mol. The van der Waals surface area contributed by atoms with Crippen molar-refractivity contribution < 1.29 is 18.7 Å². The van der Waals surface area contributed by atoms with E-state index in [-0.39, 0.29) is 24.9 Å². The summed E-state index contributed by atoms with van der Waals surface area (Å²) in [7, 11) is 0. The molecule has 1 aromatic carbocycles. The van der Waals surface area contributed by atoms with Gasteiger partial charge in [-0.1, -0.05) is 12.8 Å². The molecular formula is C15H20F2N2O2. The zero-order valence-corrected chi connectivity index (χ0v) is 11.8. The second kappa shape index (κ2) is 7.47. The van der Waals surface area contributed by atoms with Crippen LogP contribution in [-0.2, 0) is 4.79 Å². The van der Waals surface area contributed by atoms with Crippen molar-refractivity contribution in [2.24, 2.45) is 0 Å². The summed E-state index contributed by atoms with van der Waals surface area (Å²) in [5, 5.41) is 11.8. The van der Waals surface area contributed by atoms with E-state index in [1.807, 2.05) is 4.90 Å². The number of amides is 1. The topological polar surface area (TPSA) is 52.6 Å². The fourth-order valence-electron chi connectivity index (χ4n) is 2.62. The Bertz CT molecular complexity index is 497. The Morgan fingerprint density at radius 1 is 1.33 bits per heavy atom. The molecule has 0 radical (unpaired) electrons. The van der Waals surface area contributed by atoms with E-state index in [9.17, 15) is 18.7 Å². The molecule has 6 heteroatoms. The molecule has 2 rings (SSSR count). The van der Waals surface area contributed by atoms with E-state index < -0.39 is 17.5 Å². The number of rotatable bonds is 4. The third-order valence-electron chi connectivity index (χ3n) is 3.76. The van der Waals surface area contributed by atoms with Crippen molar-refractivity contribution in [1.29, 1.82) is 0 Å². The molecule has 4 nitrogen and oxygen atoms in total. The molecule has 1 fully saturated rings. The van der Waals surface area contributed by atoms with Crippen molar-refractivity contribution in [2.45, 2.75) is 31.7 Å². The van der Waals surface area contributed by atoms with Crippen LogP contribution in [0.25, 0.3) is 0 Å². The highest BCUT2D eigenvalue weighted by atomic mass is 19.1. The zero-order valence-electron chi connectivity index (χ0n) is 11.8. The van der Waals surface area contributed by atoms with Gasteiger partial charge in [0.2, 0.25) is 5.91 Å². The van der Waals surface area contributed by atoms with Crippen LogP contribution in [0.5, 0.6) is 0 Å². The summed E-state index contributed by atoms with van der Waals surface area (Å²) in [6.07, 6.45) is 3.92. The minimum absolute atomic E-state index is 0.00159. The molecule has 0 aliphatic carbocycles. The molecule has 1 unspecified atom stereocenters. The van der Waals surface area contributed by atoms with Gasteiger partial charge in [0.1, 0.15) is 11.6 Å². The van der Waals surface area contributed by atoms with Crippen LogP contribution in [0.15, 0.2) is 18.2 Å². The molecule has 1 aromatic rings. The molecular weight excluding hydrogens is 278 g/mol. The minimum Gasteiger partial charge on any atom is -0.395 e. The van der Waals surface area contributed by atoms with Gasteiger partial charge in [-0.3, -0.25) is 9.69 Å². The average molecular weight is 298 g/mol. The maximum absolute atomic E-state index is 13.5. The third-order valence-corrected chi connectivity index (χ3v) is 3.76. The Kier molecular flexibility index (Phi) is 5.64. The highest BCUT2D eigenvalue weighted by Gasteiger charge is 2.22. The van der Waals surface area contributed by atoms with E-state index in [0.29, 0.717) is 0 Å². The van der Waals surface area contributed by atoms with Gasteiger partial charge in [-0.2, -0.15) is 0 Å². The van der Waals surface area contributed by atoms with Crippen LogP contribution in [0, 0.1) is 11.6 Å². The highest BCUT2D eigenvalue weighted by Crippen LogP contribution is 2.18. The number of likely N-dealkylation sites (tertiary alicyclic amines) is 1. The van der Waals surface area contributed by atoms with Crippen molar-refractivity contribution in [3.8, 4) is 0 Å². The first-order chi connectivity index (χ1) is 10.1. The van der Waals surface area contributed by atoms with Gasteiger partial charge < -0.3 is 10.4 Å². The van der Waals surface area contributed by atoms with E-state index in [1.165, 1.54) is 0 Å². The number of hydrogen-bond acceptors (Lipinski definition) is 3. The van der Waals surface area contributed by atoms with Crippen molar-refractivity contribution in [2.75, 3.05) is 25.0 Å². The molecule has 0 saturated carbocycles. The Morgan fingerprint density at radius 3 is 2.90 bits per heavy atom. The quantitative estimate of drug-likeness (QED) is 0.895. The summed E-state index contributed by atoms with van der Waals surface area (Å²) in [6.45, 7) is 0.799. The normalized spacial score (nSPS) is 20.0. The Balaban J connectivity index is 1.98.